The fourth-order valence-electron chi connectivity index (χ4n) is 1.88. The van der Waals surface area contributed by atoms with Crippen LogP contribution in [0.2, 0.25) is 0 Å². The molecule has 0 aromatic heterocycles. The number of nitrogens with one attached hydrogen (secondary N) is 2. The Kier molecular flexibility index (Phi) is 5.78. The molecular formula is C15H24N2O3S. The topological polar surface area (TPSA) is 75.3 Å². The molecule has 0 fully saturated rings. The molecule has 0 spiro atoms. The van der Waals surface area contributed by atoms with Crippen LogP contribution >= 0.6 is 0 Å². The van der Waals surface area contributed by atoms with Gasteiger partial charge in [-0.05, 0) is 32.4 Å². The van der Waals surface area contributed by atoms with E-state index in [9.17, 15) is 13.2 Å². The Morgan fingerprint density at radius 1 is 1.24 bits per heavy atom. The van der Waals surface area contributed by atoms with Gasteiger partial charge in [-0.2, -0.15) is 0 Å². The van der Waals surface area contributed by atoms with Gasteiger partial charge >= 0.3 is 0 Å². The second-order valence-corrected chi connectivity index (χ2v) is 7.63. The highest BCUT2D eigenvalue weighted by Crippen LogP contribution is 2.13. The molecule has 2 N–H and O–H groups in total. The van der Waals surface area contributed by atoms with Crippen molar-refractivity contribution in [2.24, 2.45) is 5.92 Å². The summed E-state index contributed by atoms with van der Waals surface area (Å²) in [4.78, 5) is 11.9. The summed E-state index contributed by atoms with van der Waals surface area (Å²) in [6, 6.07) is 8.69. The highest BCUT2D eigenvalue weighted by molar-refractivity contribution is 7.92. The molecule has 118 valence electrons. The molecule has 0 radical (unpaired) electrons. The summed E-state index contributed by atoms with van der Waals surface area (Å²) in [6.45, 7) is 7.15. The Morgan fingerprint density at radius 3 is 2.33 bits per heavy atom. The predicted octanol–water partition coefficient (Wildman–Crippen LogP) is 2.37. The molecule has 1 aromatic carbocycles. The monoisotopic (exact) mass is 312 g/mol. The van der Waals surface area contributed by atoms with Gasteiger partial charge in [0.05, 0.1) is 11.3 Å². The second kappa shape index (κ2) is 6.93. The van der Waals surface area contributed by atoms with Crippen LogP contribution < -0.4 is 10.0 Å². The van der Waals surface area contributed by atoms with Crippen molar-refractivity contribution in [2.75, 3.05) is 10.5 Å². The maximum atomic E-state index is 12.2. The van der Waals surface area contributed by atoms with Crippen LogP contribution in [0, 0.1) is 5.92 Å². The minimum Gasteiger partial charge on any atom is -0.350 e. The van der Waals surface area contributed by atoms with Gasteiger partial charge in [-0.25, -0.2) is 8.42 Å². The van der Waals surface area contributed by atoms with Crippen molar-refractivity contribution >= 4 is 21.6 Å². The summed E-state index contributed by atoms with van der Waals surface area (Å²) >= 11 is 0. The maximum absolute atomic E-state index is 12.2. The highest BCUT2D eigenvalue weighted by atomic mass is 32.2. The summed E-state index contributed by atoms with van der Waals surface area (Å²) in [5.41, 5.74) is -0.317. The van der Waals surface area contributed by atoms with Crippen molar-refractivity contribution in [1.82, 2.24) is 5.32 Å². The number of rotatable bonds is 7. The lowest BCUT2D eigenvalue weighted by Crippen LogP contribution is -2.50. The number of anilines is 1. The largest absolute Gasteiger partial charge is 0.350 e. The summed E-state index contributed by atoms with van der Waals surface area (Å²) in [6.07, 6.45) is 0.719. The van der Waals surface area contributed by atoms with Crippen LogP contribution in [-0.2, 0) is 14.8 Å². The molecule has 1 unspecified atom stereocenters. The van der Waals surface area contributed by atoms with Crippen LogP contribution in [0.4, 0.5) is 5.69 Å². The molecule has 1 atom stereocenters. The molecule has 0 saturated carbocycles. The molecule has 6 heteroatoms. The van der Waals surface area contributed by atoms with Gasteiger partial charge in [0.25, 0.3) is 0 Å². The quantitative estimate of drug-likeness (QED) is 0.811. The molecule has 0 aliphatic carbocycles. The summed E-state index contributed by atoms with van der Waals surface area (Å²) in [5, 5.41) is 2.79. The van der Waals surface area contributed by atoms with Crippen molar-refractivity contribution in [3.05, 3.63) is 30.3 Å². The van der Waals surface area contributed by atoms with Crippen LogP contribution in [0.15, 0.2) is 30.3 Å². The van der Waals surface area contributed by atoms with Crippen LogP contribution in [0.1, 0.15) is 34.1 Å². The van der Waals surface area contributed by atoms with Crippen molar-refractivity contribution < 1.29 is 13.2 Å². The molecule has 0 heterocycles. The fraction of sp³-hybridized carbons (Fsp3) is 0.533. The summed E-state index contributed by atoms with van der Waals surface area (Å²) in [5.74, 6) is -0.441. The lowest BCUT2D eigenvalue weighted by molar-refractivity contribution is -0.125. The third-order valence-corrected chi connectivity index (χ3v) is 4.77. The number of hydrogen-bond donors (Lipinski definition) is 2. The number of benzene rings is 1. The minimum absolute atomic E-state index is 0.127. The maximum Gasteiger partial charge on any atom is 0.235 e. The average molecular weight is 312 g/mol. The van der Waals surface area contributed by atoms with Gasteiger partial charge in [0, 0.05) is 11.6 Å². The Morgan fingerprint density at radius 2 is 1.81 bits per heavy atom. The SMILES string of the molecule is CCC(C)C(=O)NC(C)(C)CS(=O)(=O)Nc1ccccc1. The molecular weight excluding hydrogens is 288 g/mol. The number of hydrogen-bond acceptors (Lipinski definition) is 3. The number of sulfonamides is 1. The van der Waals surface area contributed by atoms with E-state index < -0.39 is 15.6 Å². The molecule has 1 aromatic rings. The van der Waals surface area contributed by atoms with E-state index in [0.29, 0.717) is 5.69 Å². The van der Waals surface area contributed by atoms with Gasteiger partial charge in [-0.3, -0.25) is 9.52 Å². The van der Waals surface area contributed by atoms with E-state index in [1.165, 1.54) is 0 Å². The number of amides is 1. The lowest BCUT2D eigenvalue weighted by atomic mass is 10.0. The van der Waals surface area contributed by atoms with Crippen molar-refractivity contribution in [3.8, 4) is 0 Å². The van der Waals surface area contributed by atoms with Gasteiger partial charge in [0.2, 0.25) is 15.9 Å². The molecule has 0 saturated heterocycles. The van der Waals surface area contributed by atoms with E-state index >= 15 is 0 Å². The molecule has 0 aliphatic heterocycles. The van der Waals surface area contributed by atoms with E-state index in [-0.39, 0.29) is 17.6 Å². The molecule has 0 bridgehead atoms. The summed E-state index contributed by atoms with van der Waals surface area (Å²) in [7, 11) is -3.54. The zero-order chi connectivity index (χ0) is 16.1. The first-order valence-corrected chi connectivity index (χ1v) is 8.68. The molecule has 1 rings (SSSR count). The second-order valence-electron chi connectivity index (χ2n) is 5.91. The van der Waals surface area contributed by atoms with Gasteiger partial charge < -0.3 is 5.32 Å². The Labute approximate surface area is 127 Å². The van der Waals surface area contributed by atoms with E-state index in [1.54, 1.807) is 38.1 Å². The first kappa shape index (κ1) is 17.5. The Bertz CT molecular complexity index is 568. The zero-order valence-electron chi connectivity index (χ0n) is 13.0. The average Bonchev–Trinajstić information content (AvgIpc) is 2.36. The summed E-state index contributed by atoms with van der Waals surface area (Å²) < 4.78 is 26.9. The standard InChI is InChI=1S/C15H24N2O3S/c1-5-12(2)14(18)16-15(3,4)11-21(19,20)17-13-9-7-6-8-10-13/h6-10,12,17H,5,11H2,1-4H3,(H,16,18). The van der Waals surface area contributed by atoms with E-state index in [1.807, 2.05) is 19.9 Å². The van der Waals surface area contributed by atoms with Crippen LogP contribution in [0.25, 0.3) is 0 Å². The predicted molar refractivity (Wildman–Crippen MR) is 85.5 cm³/mol. The van der Waals surface area contributed by atoms with Gasteiger partial charge in [-0.15, -0.1) is 0 Å². The molecule has 1 amide bonds. The van der Waals surface area contributed by atoms with Gasteiger partial charge in [0.1, 0.15) is 0 Å². The van der Waals surface area contributed by atoms with E-state index in [0.717, 1.165) is 6.42 Å². The third kappa shape index (κ3) is 6.16. The fourth-order valence-corrected chi connectivity index (χ4v) is 3.46. The number of para-hydroxylation sites is 1. The minimum atomic E-state index is -3.54. The molecule has 21 heavy (non-hydrogen) atoms. The van der Waals surface area contributed by atoms with Crippen LogP contribution in [0.5, 0.6) is 0 Å². The van der Waals surface area contributed by atoms with E-state index in [4.69, 9.17) is 0 Å². The number of carbonyl (C=O) groups is 1. The first-order chi connectivity index (χ1) is 9.65. The van der Waals surface area contributed by atoms with Crippen molar-refractivity contribution in [2.45, 2.75) is 39.7 Å². The lowest BCUT2D eigenvalue weighted by Gasteiger charge is -2.27. The highest BCUT2D eigenvalue weighted by Gasteiger charge is 2.29. The van der Waals surface area contributed by atoms with E-state index in [2.05, 4.69) is 10.0 Å². The van der Waals surface area contributed by atoms with Crippen molar-refractivity contribution in [1.29, 1.82) is 0 Å². The van der Waals surface area contributed by atoms with Crippen LogP contribution in [0.3, 0.4) is 0 Å². The smallest absolute Gasteiger partial charge is 0.235 e. The Hall–Kier alpha value is -1.56. The van der Waals surface area contributed by atoms with Crippen LogP contribution in [-0.4, -0.2) is 25.6 Å². The normalized spacial score (nSPS) is 13.5. The third-order valence-electron chi connectivity index (χ3n) is 3.12. The zero-order valence-corrected chi connectivity index (χ0v) is 13.8. The first-order valence-electron chi connectivity index (χ1n) is 7.03. The number of carbonyl (C=O) groups excluding carboxylic acids is 1. The molecule has 5 nitrogen and oxygen atoms in total. The Balaban J connectivity index is 2.71. The van der Waals surface area contributed by atoms with Crippen molar-refractivity contribution in [3.63, 3.8) is 0 Å². The van der Waals surface area contributed by atoms with Gasteiger partial charge in [-0.1, -0.05) is 32.0 Å². The molecule has 0 aliphatic rings. The van der Waals surface area contributed by atoms with Gasteiger partial charge in [0.15, 0.2) is 0 Å².